The van der Waals surface area contributed by atoms with Gasteiger partial charge in [-0.05, 0) is 11.6 Å². The monoisotopic (exact) mass is 293 g/mol. The number of ether oxygens (including phenoxy) is 1. The second-order valence-electron chi connectivity index (χ2n) is 5.43. The van der Waals surface area contributed by atoms with Gasteiger partial charge in [0.05, 0.1) is 13.2 Å². The number of rotatable bonds is 3. The van der Waals surface area contributed by atoms with Crippen LogP contribution in [0.15, 0.2) is 29.2 Å². The normalized spacial score (nSPS) is 29.4. The Morgan fingerprint density at radius 2 is 2.30 bits per heavy atom. The van der Waals surface area contributed by atoms with Crippen molar-refractivity contribution < 1.29 is 14.6 Å². The van der Waals surface area contributed by atoms with Crippen molar-refractivity contribution in [2.24, 2.45) is 0 Å². The van der Waals surface area contributed by atoms with Crippen LogP contribution in [0, 0.1) is 0 Å². The number of aliphatic hydroxyl groups is 1. The zero-order valence-electron chi connectivity index (χ0n) is 11.5. The minimum atomic E-state index is -0.427. The smallest absolute Gasteiger partial charge is 0.323 e. The predicted molar refractivity (Wildman–Crippen MR) is 77.9 cm³/mol. The minimum absolute atomic E-state index is 0.236. The number of likely N-dealkylation sites (tertiary alicyclic amines) is 1. The molecule has 1 saturated heterocycles. The van der Waals surface area contributed by atoms with E-state index >= 15 is 0 Å². The third-order valence-corrected chi connectivity index (χ3v) is 5.36. The number of hydrogen-bond acceptors (Lipinski definition) is 5. The molecule has 1 aromatic carbocycles. The van der Waals surface area contributed by atoms with Crippen LogP contribution in [0.1, 0.15) is 17.9 Å². The van der Waals surface area contributed by atoms with E-state index < -0.39 is 6.10 Å². The first-order valence-corrected chi connectivity index (χ1v) is 7.89. The van der Waals surface area contributed by atoms with E-state index in [1.807, 2.05) is 11.8 Å². The highest BCUT2D eigenvalue weighted by atomic mass is 32.2. The number of nitrogens with zero attached hydrogens (tertiary/aromatic N) is 1. The van der Waals surface area contributed by atoms with Crippen molar-refractivity contribution in [2.75, 3.05) is 26.0 Å². The van der Waals surface area contributed by atoms with Crippen LogP contribution in [0.5, 0.6) is 0 Å². The number of thioether (sulfide) groups is 1. The average Bonchev–Trinajstić information content (AvgIpc) is 3.03. The van der Waals surface area contributed by atoms with Gasteiger partial charge < -0.3 is 9.84 Å². The zero-order chi connectivity index (χ0) is 14.1. The fraction of sp³-hybridized carbons (Fsp3) is 0.533. The molecular weight excluding hydrogens is 274 g/mol. The number of aliphatic hydroxyl groups excluding tert-OH is 1. The van der Waals surface area contributed by atoms with E-state index in [9.17, 15) is 9.90 Å². The van der Waals surface area contributed by atoms with Gasteiger partial charge in [0.25, 0.3) is 0 Å². The standard InChI is InChI=1S/C15H19NO3S/c1-19-15(18)13-6-11(17)8-16(13)7-10-9-20-14-5-3-2-4-12(10)14/h2-5,10-11,13,17H,6-9H2,1H3. The van der Waals surface area contributed by atoms with E-state index in [0.29, 0.717) is 18.9 Å². The minimum Gasteiger partial charge on any atom is -0.468 e. The Morgan fingerprint density at radius 3 is 3.10 bits per heavy atom. The van der Waals surface area contributed by atoms with Gasteiger partial charge in [-0.25, -0.2) is 0 Å². The summed E-state index contributed by atoms with van der Waals surface area (Å²) >= 11 is 1.87. The van der Waals surface area contributed by atoms with Crippen LogP contribution in [0.25, 0.3) is 0 Å². The fourth-order valence-electron chi connectivity index (χ4n) is 3.13. The molecule has 2 aliphatic heterocycles. The van der Waals surface area contributed by atoms with Crippen LogP contribution in [0.3, 0.4) is 0 Å². The molecule has 3 atom stereocenters. The number of β-amino-alcohol motifs (C(OH)–C–C–N with tert-alkyl or cyclic N) is 1. The second-order valence-corrected chi connectivity index (χ2v) is 6.49. The molecule has 2 heterocycles. The van der Waals surface area contributed by atoms with Crippen LogP contribution in [-0.4, -0.2) is 54.1 Å². The molecule has 0 bridgehead atoms. The number of fused-ring (bicyclic) bond motifs is 1. The summed E-state index contributed by atoms with van der Waals surface area (Å²) in [5, 5.41) is 9.83. The van der Waals surface area contributed by atoms with Crippen LogP contribution in [0.4, 0.5) is 0 Å². The number of esters is 1. The molecule has 1 fully saturated rings. The lowest BCUT2D eigenvalue weighted by Crippen LogP contribution is -2.39. The molecule has 0 saturated carbocycles. The number of hydrogen-bond donors (Lipinski definition) is 1. The number of carbonyl (C=O) groups is 1. The van der Waals surface area contributed by atoms with Crippen LogP contribution in [0.2, 0.25) is 0 Å². The number of benzene rings is 1. The SMILES string of the molecule is COC(=O)C1CC(O)CN1CC1CSc2ccccc21. The van der Waals surface area contributed by atoms with Crippen molar-refractivity contribution in [1.82, 2.24) is 4.90 Å². The molecule has 2 aliphatic rings. The van der Waals surface area contributed by atoms with Crippen molar-refractivity contribution >= 4 is 17.7 Å². The Balaban J connectivity index is 1.73. The highest BCUT2D eigenvalue weighted by Crippen LogP contribution is 2.40. The van der Waals surface area contributed by atoms with Gasteiger partial charge in [0.2, 0.25) is 0 Å². The molecule has 0 amide bonds. The van der Waals surface area contributed by atoms with Crippen molar-refractivity contribution in [3.8, 4) is 0 Å². The summed E-state index contributed by atoms with van der Waals surface area (Å²) in [6.45, 7) is 1.37. The van der Waals surface area contributed by atoms with E-state index in [0.717, 1.165) is 12.3 Å². The molecule has 3 rings (SSSR count). The summed E-state index contributed by atoms with van der Waals surface area (Å²) in [7, 11) is 1.41. The van der Waals surface area contributed by atoms with E-state index in [1.54, 1.807) is 0 Å². The Morgan fingerprint density at radius 1 is 1.50 bits per heavy atom. The molecule has 0 radical (unpaired) electrons. The summed E-state index contributed by atoms with van der Waals surface area (Å²) < 4.78 is 4.85. The number of methoxy groups -OCH3 is 1. The van der Waals surface area contributed by atoms with E-state index in [2.05, 4.69) is 29.2 Å². The third kappa shape index (κ3) is 2.57. The molecule has 0 aromatic heterocycles. The van der Waals surface area contributed by atoms with Crippen molar-refractivity contribution in [3.63, 3.8) is 0 Å². The quantitative estimate of drug-likeness (QED) is 0.856. The van der Waals surface area contributed by atoms with E-state index in [-0.39, 0.29) is 12.0 Å². The first kappa shape index (κ1) is 13.9. The number of carbonyl (C=O) groups excluding carboxylic acids is 1. The average molecular weight is 293 g/mol. The molecule has 3 unspecified atom stereocenters. The topological polar surface area (TPSA) is 49.8 Å². The van der Waals surface area contributed by atoms with Gasteiger partial charge in [0, 0.05) is 36.1 Å². The zero-order valence-corrected chi connectivity index (χ0v) is 12.3. The summed E-state index contributed by atoms with van der Waals surface area (Å²) in [5.74, 6) is 1.23. The molecule has 0 aliphatic carbocycles. The van der Waals surface area contributed by atoms with E-state index in [1.165, 1.54) is 17.6 Å². The summed E-state index contributed by atoms with van der Waals surface area (Å²) in [5.41, 5.74) is 1.36. The highest BCUT2D eigenvalue weighted by Gasteiger charge is 2.38. The molecular formula is C15H19NO3S. The predicted octanol–water partition coefficient (Wildman–Crippen LogP) is 1.48. The van der Waals surface area contributed by atoms with Crippen LogP contribution in [-0.2, 0) is 9.53 Å². The third-order valence-electron chi connectivity index (χ3n) is 4.11. The first-order valence-electron chi connectivity index (χ1n) is 6.90. The Hall–Kier alpha value is -1.04. The van der Waals surface area contributed by atoms with Crippen molar-refractivity contribution in [1.29, 1.82) is 0 Å². The van der Waals surface area contributed by atoms with Gasteiger partial charge >= 0.3 is 5.97 Å². The maximum Gasteiger partial charge on any atom is 0.323 e. The lowest BCUT2D eigenvalue weighted by Gasteiger charge is -2.25. The maximum absolute atomic E-state index is 11.8. The van der Waals surface area contributed by atoms with Crippen LogP contribution >= 0.6 is 11.8 Å². The lowest BCUT2D eigenvalue weighted by molar-refractivity contribution is -0.145. The first-order chi connectivity index (χ1) is 9.69. The summed E-state index contributed by atoms with van der Waals surface area (Å²) in [4.78, 5) is 15.2. The summed E-state index contributed by atoms with van der Waals surface area (Å²) in [6.07, 6.45) is 0.0529. The Labute approximate surface area is 123 Å². The molecule has 108 valence electrons. The second kappa shape index (κ2) is 5.76. The summed E-state index contributed by atoms with van der Waals surface area (Å²) in [6, 6.07) is 8.14. The molecule has 1 aromatic rings. The van der Waals surface area contributed by atoms with Crippen LogP contribution < -0.4 is 0 Å². The van der Waals surface area contributed by atoms with Crippen molar-refractivity contribution in [2.45, 2.75) is 29.4 Å². The van der Waals surface area contributed by atoms with Gasteiger partial charge in [0.1, 0.15) is 6.04 Å². The molecule has 4 nitrogen and oxygen atoms in total. The largest absolute Gasteiger partial charge is 0.468 e. The fourth-order valence-corrected chi connectivity index (χ4v) is 4.37. The maximum atomic E-state index is 11.8. The molecule has 1 N–H and O–H groups in total. The van der Waals surface area contributed by atoms with E-state index in [4.69, 9.17) is 4.74 Å². The van der Waals surface area contributed by atoms with Gasteiger partial charge in [-0.15, -0.1) is 11.8 Å². The van der Waals surface area contributed by atoms with Gasteiger partial charge in [0.15, 0.2) is 0 Å². The van der Waals surface area contributed by atoms with Gasteiger partial charge in [-0.2, -0.15) is 0 Å². The highest BCUT2D eigenvalue weighted by molar-refractivity contribution is 7.99. The van der Waals surface area contributed by atoms with Gasteiger partial charge in [-0.3, -0.25) is 9.69 Å². The molecule has 0 spiro atoms. The Kier molecular flexibility index (Phi) is 4.01. The lowest BCUT2D eigenvalue weighted by atomic mass is 10.0. The van der Waals surface area contributed by atoms with Gasteiger partial charge in [-0.1, -0.05) is 18.2 Å². The molecule has 5 heteroatoms. The Bertz CT molecular complexity index is 508. The molecule has 20 heavy (non-hydrogen) atoms. The van der Waals surface area contributed by atoms with Crippen molar-refractivity contribution in [3.05, 3.63) is 29.8 Å².